The molecule has 0 atom stereocenters. The molecule has 88 valence electrons. The zero-order chi connectivity index (χ0) is 12.9. The fourth-order valence-electron chi connectivity index (χ4n) is 0.232. The molecule has 0 saturated heterocycles. The van der Waals surface area contributed by atoms with Gasteiger partial charge in [-0.05, 0) is 13.3 Å². The van der Waals surface area contributed by atoms with Crippen LogP contribution >= 0.6 is 51.1 Å². The number of hydrogen-bond acceptors (Lipinski definition) is 0. The van der Waals surface area contributed by atoms with E-state index < -0.39 is 62.5 Å². The molecule has 9 heteroatoms. The van der Waals surface area contributed by atoms with Crippen molar-refractivity contribution >= 4 is 51.1 Å². The first-order valence-corrected chi connectivity index (χ1v) is 22.3. The van der Waals surface area contributed by atoms with E-state index in [1.54, 1.807) is 0 Å². The number of halogens is 6. The van der Waals surface area contributed by atoms with E-state index in [0.29, 0.717) is 0 Å². The summed E-state index contributed by atoms with van der Waals surface area (Å²) < 4.78 is 0. The zero-order valence-electron chi connectivity index (χ0n) is 7.91. The third-order valence-corrected chi connectivity index (χ3v) is 0.538. The average Bonchev–Trinajstić information content (AvgIpc) is 2.18. The summed E-state index contributed by atoms with van der Waals surface area (Å²) in [5.41, 5.74) is 0. The topological polar surface area (TPSA) is 0 Å². The molecule has 0 aliphatic rings. The molecule has 0 N–H and O–H groups in total. The number of allylic oxidation sites excluding steroid dienone is 3. The maximum absolute atomic E-state index is 4.93. The van der Waals surface area contributed by atoms with Gasteiger partial charge in [-0.2, -0.15) is 0 Å². The quantitative estimate of drug-likeness (QED) is 0.345. The normalized spacial score (nSPS) is 6.60. The van der Waals surface area contributed by atoms with Crippen molar-refractivity contribution in [3.05, 3.63) is 24.8 Å². The minimum atomic E-state index is -0.826. The first kappa shape index (κ1) is 27.3. The summed E-state index contributed by atoms with van der Waals surface area (Å²) in [6, 6.07) is 0. The molecule has 0 saturated carbocycles. The Bertz CT molecular complexity index is 98.1. The first-order valence-electron chi connectivity index (χ1n) is 3.27. The van der Waals surface area contributed by atoms with E-state index in [4.69, 9.17) is 51.1 Å². The molecule has 0 aromatic rings. The molecular formula is C6H10Cl6Zr3. The van der Waals surface area contributed by atoms with Gasteiger partial charge in [-0.3, -0.25) is 0 Å². The number of rotatable bonds is 2. The summed E-state index contributed by atoms with van der Waals surface area (Å²) in [4.78, 5) is 0. The van der Waals surface area contributed by atoms with E-state index in [-0.39, 0.29) is 0 Å². The molecule has 0 rings (SSSR count). The van der Waals surface area contributed by atoms with E-state index in [0.717, 1.165) is 6.42 Å². The van der Waals surface area contributed by atoms with Crippen LogP contribution in [0.4, 0.5) is 0 Å². The average molecular weight is 569 g/mol. The molecule has 0 fully saturated rings. The molecule has 0 nitrogen and oxygen atoms in total. The molecule has 0 aliphatic heterocycles. The van der Waals surface area contributed by atoms with Gasteiger partial charge in [-0.1, -0.05) is 18.2 Å². The van der Waals surface area contributed by atoms with Crippen LogP contribution in [0.25, 0.3) is 0 Å². The molecule has 0 aliphatic carbocycles. The summed E-state index contributed by atoms with van der Waals surface area (Å²) >= 11 is -2.48. The first-order chi connectivity index (χ1) is 7.16. The van der Waals surface area contributed by atoms with E-state index >= 15 is 0 Å². The second kappa shape index (κ2) is 43.0. The van der Waals surface area contributed by atoms with Crippen LogP contribution in [0.3, 0.4) is 0 Å². The molecule has 0 heterocycles. The maximum atomic E-state index is 4.93. The Morgan fingerprint density at radius 3 is 1.27 bits per heavy atom. The Morgan fingerprint density at radius 2 is 1.20 bits per heavy atom. The van der Waals surface area contributed by atoms with Crippen LogP contribution < -0.4 is 0 Å². The van der Waals surface area contributed by atoms with Crippen molar-refractivity contribution in [3.8, 4) is 0 Å². The summed E-state index contributed by atoms with van der Waals surface area (Å²) in [5, 5.41) is 0. The van der Waals surface area contributed by atoms with E-state index in [1.165, 1.54) is 0 Å². The number of hydrogen-bond donors (Lipinski definition) is 0. The van der Waals surface area contributed by atoms with Gasteiger partial charge in [0.25, 0.3) is 0 Å². The Labute approximate surface area is 148 Å². The van der Waals surface area contributed by atoms with Crippen LogP contribution in [0.2, 0.25) is 0 Å². The molecule has 0 aromatic heterocycles. The third kappa shape index (κ3) is 95.4. The van der Waals surface area contributed by atoms with Crippen molar-refractivity contribution in [2.75, 3.05) is 0 Å². The standard InChI is InChI=1S/C6H10.6ClH.3Zr/c1-3-5-6-4-2;;;;;;;;;/h3-4,6H,1,5H2,2H3;6*1H;;;/q;;;;;;;3*+2/p-6. The summed E-state index contributed by atoms with van der Waals surface area (Å²) in [7, 11) is 29.6. The molecule has 0 radical (unpaired) electrons. The van der Waals surface area contributed by atoms with Crippen molar-refractivity contribution in [1.29, 1.82) is 0 Å². The van der Waals surface area contributed by atoms with E-state index in [2.05, 4.69) is 12.7 Å². The Kier molecular flexibility index (Phi) is 78.2. The van der Waals surface area contributed by atoms with Crippen LogP contribution in [0.1, 0.15) is 13.3 Å². The second-order valence-electron chi connectivity index (χ2n) is 1.31. The fourth-order valence-corrected chi connectivity index (χ4v) is 0.232. The Balaban J connectivity index is -0.0000000581. The van der Waals surface area contributed by atoms with Gasteiger partial charge < -0.3 is 0 Å². The van der Waals surface area contributed by atoms with Crippen LogP contribution in [0, 0.1) is 0 Å². The minimum absolute atomic E-state index is 0.826. The van der Waals surface area contributed by atoms with Gasteiger partial charge >= 0.3 is 114 Å². The van der Waals surface area contributed by atoms with Crippen LogP contribution in [0.15, 0.2) is 24.8 Å². The Hall–Kier alpha value is 3.87. The van der Waals surface area contributed by atoms with Crippen LogP contribution in [0.5, 0.6) is 0 Å². The van der Waals surface area contributed by atoms with Crippen molar-refractivity contribution in [1.82, 2.24) is 0 Å². The molecule has 0 aromatic carbocycles. The van der Waals surface area contributed by atoms with Crippen molar-refractivity contribution in [3.63, 3.8) is 0 Å². The molecule has 15 heavy (non-hydrogen) atoms. The molecule has 0 amide bonds. The van der Waals surface area contributed by atoms with E-state index in [1.807, 2.05) is 19.1 Å². The van der Waals surface area contributed by atoms with Crippen molar-refractivity contribution < 1.29 is 62.5 Å². The molecule has 0 bridgehead atoms. The van der Waals surface area contributed by atoms with Crippen molar-refractivity contribution in [2.24, 2.45) is 0 Å². The molecule has 0 unspecified atom stereocenters. The van der Waals surface area contributed by atoms with Crippen molar-refractivity contribution in [2.45, 2.75) is 13.3 Å². The van der Waals surface area contributed by atoms with Gasteiger partial charge in [0.05, 0.1) is 0 Å². The SMILES string of the molecule is C=CCC=CC.[Cl][Zr][Cl].[Cl][Zr][Cl].[Cl][Zr][Cl]. The van der Waals surface area contributed by atoms with Gasteiger partial charge in [-0.15, -0.1) is 6.58 Å². The summed E-state index contributed by atoms with van der Waals surface area (Å²) in [6.45, 7) is 5.55. The second-order valence-corrected chi connectivity index (χ2v) is 12.5. The van der Waals surface area contributed by atoms with Crippen LogP contribution in [-0.2, 0) is 62.5 Å². The summed E-state index contributed by atoms with van der Waals surface area (Å²) in [5.74, 6) is 0. The van der Waals surface area contributed by atoms with Crippen LogP contribution in [-0.4, -0.2) is 0 Å². The van der Waals surface area contributed by atoms with Gasteiger partial charge in [0.15, 0.2) is 0 Å². The van der Waals surface area contributed by atoms with Gasteiger partial charge in [0, 0.05) is 0 Å². The van der Waals surface area contributed by atoms with Gasteiger partial charge in [-0.25, -0.2) is 0 Å². The summed E-state index contributed by atoms with van der Waals surface area (Å²) in [6.07, 6.45) is 6.95. The molecule has 0 spiro atoms. The molecular weight excluding hydrogens is 558 g/mol. The van der Waals surface area contributed by atoms with E-state index in [9.17, 15) is 0 Å². The van der Waals surface area contributed by atoms with Gasteiger partial charge in [0.2, 0.25) is 0 Å². The fraction of sp³-hybridized carbons (Fsp3) is 0.333. The third-order valence-electron chi connectivity index (χ3n) is 0.538. The predicted molar refractivity (Wildman–Crippen MR) is 64.7 cm³/mol. The Morgan fingerprint density at radius 1 is 0.933 bits per heavy atom. The monoisotopic (exact) mass is 562 g/mol. The van der Waals surface area contributed by atoms with Gasteiger partial charge in [0.1, 0.15) is 0 Å². The zero-order valence-corrected chi connectivity index (χ0v) is 19.8. The predicted octanol–water partition coefficient (Wildman–Crippen LogP) is 6.27.